The number of nitrogens with one attached hydrogen (secondary N) is 1. The van der Waals surface area contributed by atoms with Crippen molar-refractivity contribution in [3.8, 4) is 0 Å². The van der Waals surface area contributed by atoms with Crippen molar-refractivity contribution in [2.75, 3.05) is 6.54 Å². The monoisotopic (exact) mass is 472 g/mol. The summed E-state index contributed by atoms with van der Waals surface area (Å²) in [7, 11) is 1.82. The molecular weight excluding hydrogens is 455 g/mol. The number of amides is 1. The van der Waals surface area contributed by atoms with E-state index < -0.39 is 0 Å². The molecule has 2 rings (SSSR count). The summed E-state index contributed by atoms with van der Waals surface area (Å²) in [6, 6.07) is 17.8. The molecule has 0 bridgehead atoms. The third-order valence-corrected chi connectivity index (χ3v) is 7.75. The number of oxime groups is 1. The van der Waals surface area contributed by atoms with Crippen molar-refractivity contribution >= 4 is 51.6 Å². The van der Waals surface area contributed by atoms with Gasteiger partial charge in [-0.2, -0.15) is 0 Å². The second-order valence-electron chi connectivity index (χ2n) is 4.82. The molecule has 2 aromatic carbocycles. The quantitative estimate of drug-likeness (QED) is 0.202. The van der Waals surface area contributed by atoms with Crippen molar-refractivity contribution in [3.05, 3.63) is 64.6 Å². The SMILES string of the molecule is O=C(NCC[Se]Sc1ccccc1)/C(Cc1ccc(Br)cc1)=N/O. The van der Waals surface area contributed by atoms with Crippen LogP contribution in [0, 0.1) is 0 Å². The number of benzene rings is 2. The first kappa shape index (κ1) is 19.1. The van der Waals surface area contributed by atoms with E-state index in [2.05, 4.69) is 38.5 Å². The van der Waals surface area contributed by atoms with Gasteiger partial charge in [0, 0.05) is 0 Å². The summed E-state index contributed by atoms with van der Waals surface area (Å²) in [6.45, 7) is 0.581. The molecule has 0 spiro atoms. The van der Waals surface area contributed by atoms with E-state index in [0.717, 1.165) is 15.4 Å². The molecule has 0 aromatic heterocycles. The molecule has 2 aromatic rings. The zero-order valence-corrected chi connectivity index (χ0v) is 16.9. The van der Waals surface area contributed by atoms with Crippen LogP contribution in [0.15, 0.2) is 69.1 Å². The Hall–Kier alpha value is -1.27. The Morgan fingerprint density at radius 3 is 2.54 bits per heavy atom. The van der Waals surface area contributed by atoms with Crippen LogP contribution in [0.1, 0.15) is 5.56 Å². The molecular formula is C17H17BrN2O2SSe. The molecule has 0 saturated heterocycles. The van der Waals surface area contributed by atoms with Gasteiger partial charge in [0.15, 0.2) is 0 Å². The molecule has 126 valence electrons. The molecule has 0 saturated carbocycles. The van der Waals surface area contributed by atoms with Crippen molar-refractivity contribution in [3.63, 3.8) is 0 Å². The minimum atomic E-state index is -0.319. The van der Waals surface area contributed by atoms with E-state index in [9.17, 15) is 4.79 Å². The zero-order valence-electron chi connectivity index (χ0n) is 12.8. The number of hydrogen-bond donors (Lipinski definition) is 2. The fraction of sp³-hybridized carbons (Fsp3) is 0.176. The molecule has 0 heterocycles. The Balaban J connectivity index is 1.71. The van der Waals surface area contributed by atoms with Gasteiger partial charge in [-0.05, 0) is 0 Å². The van der Waals surface area contributed by atoms with Gasteiger partial charge < -0.3 is 0 Å². The first-order valence-corrected chi connectivity index (χ1v) is 12.1. The van der Waals surface area contributed by atoms with E-state index in [4.69, 9.17) is 5.21 Å². The van der Waals surface area contributed by atoms with Gasteiger partial charge in [-0.1, -0.05) is 0 Å². The van der Waals surface area contributed by atoms with Gasteiger partial charge in [0.05, 0.1) is 0 Å². The molecule has 0 aliphatic carbocycles. The molecule has 0 aliphatic heterocycles. The molecule has 0 fully saturated rings. The standard InChI is InChI=1S/C17H17BrN2O2SSe/c18-14-8-6-13(7-9-14)12-16(20-22)17(21)19-10-11-24-23-15-4-2-1-3-5-15/h1-9,22H,10-12H2,(H,19,21)/b20-16+. The van der Waals surface area contributed by atoms with Crippen LogP contribution in [0.5, 0.6) is 0 Å². The fourth-order valence-corrected chi connectivity index (χ4v) is 5.51. The van der Waals surface area contributed by atoms with Crippen LogP contribution in [0.3, 0.4) is 0 Å². The second kappa shape index (κ2) is 10.6. The molecule has 2 N–H and O–H groups in total. The maximum atomic E-state index is 12.1. The van der Waals surface area contributed by atoms with E-state index >= 15 is 0 Å². The van der Waals surface area contributed by atoms with Crippen molar-refractivity contribution in [2.45, 2.75) is 16.6 Å². The zero-order chi connectivity index (χ0) is 17.2. The van der Waals surface area contributed by atoms with Crippen molar-refractivity contribution < 1.29 is 10.0 Å². The van der Waals surface area contributed by atoms with E-state index in [1.54, 1.807) is 0 Å². The number of rotatable bonds is 8. The van der Waals surface area contributed by atoms with Crippen LogP contribution in [0.25, 0.3) is 0 Å². The summed E-state index contributed by atoms with van der Waals surface area (Å²) in [5.74, 6) is -0.319. The van der Waals surface area contributed by atoms with Gasteiger partial charge in [0.2, 0.25) is 0 Å². The van der Waals surface area contributed by atoms with Crippen LogP contribution < -0.4 is 5.32 Å². The molecule has 0 aliphatic rings. The van der Waals surface area contributed by atoms with E-state index in [0.29, 0.717) is 26.8 Å². The first-order valence-electron chi connectivity index (χ1n) is 7.27. The Morgan fingerprint density at radius 1 is 1.17 bits per heavy atom. The summed E-state index contributed by atoms with van der Waals surface area (Å²) in [5, 5.41) is 16.0. The summed E-state index contributed by atoms with van der Waals surface area (Å²) >= 11 is 3.72. The number of hydrogen-bond acceptors (Lipinski definition) is 4. The van der Waals surface area contributed by atoms with E-state index in [-0.39, 0.29) is 11.6 Å². The molecule has 1 amide bonds. The molecule has 24 heavy (non-hydrogen) atoms. The summed E-state index contributed by atoms with van der Waals surface area (Å²) in [4.78, 5) is 13.3. The third kappa shape index (κ3) is 6.69. The molecule has 4 nitrogen and oxygen atoms in total. The van der Waals surface area contributed by atoms with Crippen LogP contribution in [0.2, 0.25) is 5.32 Å². The van der Waals surface area contributed by atoms with Crippen LogP contribution in [-0.2, 0) is 11.2 Å². The van der Waals surface area contributed by atoms with Gasteiger partial charge in [0.1, 0.15) is 0 Å². The maximum absolute atomic E-state index is 12.1. The third-order valence-electron chi connectivity index (χ3n) is 3.04. The predicted octanol–water partition coefficient (Wildman–Crippen LogP) is 3.77. The number of carbonyl (C=O) groups is 1. The average Bonchev–Trinajstić information content (AvgIpc) is 2.61. The molecule has 0 unspecified atom stereocenters. The Labute approximate surface area is 159 Å². The summed E-state index contributed by atoms with van der Waals surface area (Å²) in [6.07, 6.45) is 0.305. The Morgan fingerprint density at radius 2 is 1.88 bits per heavy atom. The van der Waals surface area contributed by atoms with Crippen LogP contribution in [-0.4, -0.2) is 37.2 Å². The topological polar surface area (TPSA) is 61.7 Å². The number of carbonyl (C=O) groups excluding carboxylic acids is 1. The number of halogens is 1. The number of nitrogens with zero attached hydrogens (tertiary/aromatic N) is 1. The van der Waals surface area contributed by atoms with Crippen LogP contribution in [0.4, 0.5) is 0 Å². The van der Waals surface area contributed by atoms with E-state index in [1.165, 1.54) is 4.90 Å². The van der Waals surface area contributed by atoms with Crippen molar-refractivity contribution in [2.24, 2.45) is 5.16 Å². The Bertz CT molecular complexity index is 681. The molecule has 7 heteroatoms. The average molecular weight is 472 g/mol. The molecule has 0 radical (unpaired) electrons. The summed E-state index contributed by atoms with van der Waals surface area (Å²) in [5.41, 5.74) is 1.05. The van der Waals surface area contributed by atoms with Crippen molar-refractivity contribution in [1.29, 1.82) is 0 Å². The van der Waals surface area contributed by atoms with Gasteiger partial charge in [0.25, 0.3) is 0 Å². The van der Waals surface area contributed by atoms with Gasteiger partial charge >= 0.3 is 160 Å². The van der Waals surface area contributed by atoms with Crippen molar-refractivity contribution in [1.82, 2.24) is 5.32 Å². The second-order valence-corrected chi connectivity index (χ2v) is 10.0. The van der Waals surface area contributed by atoms with Gasteiger partial charge in [-0.25, -0.2) is 0 Å². The van der Waals surface area contributed by atoms with Gasteiger partial charge in [-0.15, -0.1) is 0 Å². The predicted molar refractivity (Wildman–Crippen MR) is 103 cm³/mol. The van der Waals surface area contributed by atoms with Gasteiger partial charge in [-0.3, -0.25) is 0 Å². The fourth-order valence-electron chi connectivity index (χ4n) is 1.85. The minimum absolute atomic E-state index is 0.125. The van der Waals surface area contributed by atoms with Crippen LogP contribution >= 0.6 is 26.1 Å². The van der Waals surface area contributed by atoms with E-state index in [1.807, 2.05) is 52.6 Å². The normalized spacial score (nSPS) is 11.3. The molecule has 0 atom stereocenters. The summed E-state index contributed by atoms with van der Waals surface area (Å²) < 4.78 is 0.969. The Kier molecular flexibility index (Phi) is 8.39. The first-order chi connectivity index (χ1) is 11.7.